The van der Waals surface area contributed by atoms with Crippen molar-refractivity contribution >= 4 is 5.57 Å². The SMILES string of the molecule is C=C(CC)N(C/C=C(\C)c1ccccc1)C(C)(C)C. The molecule has 0 aliphatic rings. The fourth-order valence-corrected chi connectivity index (χ4v) is 2.12. The highest BCUT2D eigenvalue weighted by atomic mass is 15.2. The fraction of sp³-hybridized carbons (Fsp3) is 0.444. The molecule has 19 heavy (non-hydrogen) atoms. The van der Waals surface area contributed by atoms with Gasteiger partial charge in [0, 0.05) is 17.8 Å². The van der Waals surface area contributed by atoms with Crippen LogP contribution in [0.3, 0.4) is 0 Å². The van der Waals surface area contributed by atoms with Crippen molar-refractivity contribution in [1.29, 1.82) is 0 Å². The molecule has 1 aromatic carbocycles. The van der Waals surface area contributed by atoms with Gasteiger partial charge in [0.2, 0.25) is 0 Å². The van der Waals surface area contributed by atoms with E-state index in [2.05, 4.69) is 82.5 Å². The largest absolute Gasteiger partial charge is 0.367 e. The van der Waals surface area contributed by atoms with E-state index in [4.69, 9.17) is 0 Å². The Morgan fingerprint density at radius 3 is 2.26 bits per heavy atom. The van der Waals surface area contributed by atoms with E-state index in [0.717, 1.165) is 13.0 Å². The van der Waals surface area contributed by atoms with Crippen LogP contribution in [0.15, 0.2) is 48.7 Å². The summed E-state index contributed by atoms with van der Waals surface area (Å²) in [7, 11) is 0. The van der Waals surface area contributed by atoms with Crippen LogP contribution in [0.25, 0.3) is 5.57 Å². The summed E-state index contributed by atoms with van der Waals surface area (Å²) in [5.74, 6) is 0. The lowest BCUT2D eigenvalue weighted by Gasteiger charge is -2.38. The monoisotopic (exact) mass is 257 g/mol. The Kier molecular flexibility index (Phi) is 5.41. The van der Waals surface area contributed by atoms with Crippen LogP contribution in [0.4, 0.5) is 0 Å². The van der Waals surface area contributed by atoms with Gasteiger partial charge in [0.1, 0.15) is 0 Å². The van der Waals surface area contributed by atoms with Gasteiger partial charge in [-0.3, -0.25) is 0 Å². The zero-order valence-corrected chi connectivity index (χ0v) is 13.0. The van der Waals surface area contributed by atoms with Crippen LogP contribution in [0.5, 0.6) is 0 Å². The van der Waals surface area contributed by atoms with Crippen LogP contribution in [-0.2, 0) is 0 Å². The first-order chi connectivity index (χ1) is 8.86. The smallest absolute Gasteiger partial charge is 0.0367 e. The number of hydrogen-bond acceptors (Lipinski definition) is 1. The summed E-state index contributed by atoms with van der Waals surface area (Å²) in [6, 6.07) is 10.5. The average Bonchev–Trinajstić information content (AvgIpc) is 2.37. The van der Waals surface area contributed by atoms with Gasteiger partial charge in [0.25, 0.3) is 0 Å². The highest BCUT2D eigenvalue weighted by Crippen LogP contribution is 2.22. The molecular weight excluding hydrogens is 230 g/mol. The van der Waals surface area contributed by atoms with Gasteiger partial charge >= 0.3 is 0 Å². The normalized spacial score (nSPS) is 12.4. The summed E-state index contributed by atoms with van der Waals surface area (Å²) >= 11 is 0. The second kappa shape index (κ2) is 6.60. The van der Waals surface area contributed by atoms with Crippen LogP contribution < -0.4 is 0 Å². The molecule has 0 saturated carbocycles. The second-order valence-corrected chi connectivity index (χ2v) is 5.95. The molecule has 1 rings (SSSR count). The van der Waals surface area contributed by atoms with E-state index < -0.39 is 0 Å². The average molecular weight is 257 g/mol. The molecule has 0 bridgehead atoms. The first kappa shape index (κ1) is 15.6. The lowest BCUT2D eigenvalue weighted by atomic mass is 10.0. The van der Waals surface area contributed by atoms with E-state index in [0.29, 0.717) is 0 Å². The molecule has 0 amide bonds. The van der Waals surface area contributed by atoms with E-state index >= 15 is 0 Å². The maximum Gasteiger partial charge on any atom is 0.0367 e. The molecule has 0 aromatic heterocycles. The quantitative estimate of drug-likeness (QED) is 0.708. The Balaban J connectivity index is 2.84. The molecule has 0 aliphatic heterocycles. The second-order valence-electron chi connectivity index (χ2n) is 5.95. The molecule has 104 valence electrons. The Morgan fingerprint density at radius 1 is 1.21 bits per heavy atom. The van der Waals surface area contributed by atoms with Crippen LogP contribution >= 0.6 is 0 Å². The summed E-state index contributed by atoms with van der Waals surface area (Å²) in [4.78, 5) is 2.37. The predicted molar refractivity (Wildman–Crippen MR) is 86.0 cm³/mol. The maximum atomic E-state index is 4.19. The van der Waals surface area contributed by atoms with E-state index in [1.807, 2.05) is 0 Å². The summed E-state index contributed by atoms with van der Waals surface area (Å²) < 4.78 is 0. The van der Waals surface area contributed by atoms with Crippen LogP contribution in [0.1, 0.15) is 46.6 Å². The minimum atomic E-state index is 0.112. The zero-order chi connectivity index (χ0) is 14.5. The minimum Gasteiger partial charge on any atom is -0.367 e. The van der Waals surface area contributed by atoms with Gasteiger partial charge in [-0.2, -0.15) is 0 Å². The van der Waals surface area contributed by atoms with Crippen LogP contribution in [0, 0.1) is 0 Å². The van der Waals surface area contributed by atoms with Gasteiger partial charge < -0.3 is 4.90 Å². The van der Waals surface area contributed by atoms with E-state index in [1.165, 1.54) is 16.8 Å². The summed E-state index contributed by atoms with van der Waals surface area (Å²) in [5, 5.41) is 0. The van der Waals surface area contributed by atoms with Crippen LogP contribution in [0.2, 0.25) is 0 Å². The van der Waals surface area contributed by atoms with Crippen molar-refractivity contribution in [3.8, 4) is 0 Å². The van der Waals surface area contributed by atoms with Crippen molar-refractivity contribution in [3.05, 3.63) is 54.2 Å². The fourth-order valence-electron chi connectivity index (χ4n) is 2.12. The molecule has 0 unspecified atom stereocenters. The van der Waals surface area contributed by atoms with Crippen molar-refractivity contribution in [2.75, 3.05) is 6.54 Å². The van der Waals surface area contributed by atoms with Crippen molar-refractivity contribution in [3.63, 3.8) is 0 Å². The molecule has 0 heterocycles. The molecule has 1 nitrogen and oxygen atoms in total. The Labute approximate surface area is 118 Å². The summed E-state index contributed by atoms with van der Waals surface area (Å²) in [6.45, 7) is 16.1. The highest BCUT2D eigenvalue weighted by Gasteiger charge is 2.20. The summed E-state index contributed by atoms with van der Waals surface area (Å²) in [5.41, 5.74) is 3.92. The number of allylic oxidation sites excluding steroid dienone is 2. The van der Waals surface area contributed by atoms with Crippen molar-refractivity contribution in [1.82, 2.24) is 4.90 Å². The number of rotatable bonds is 5. The van der Waals surface area contributed by atoms with Gasteiger partial charge in [-0.05, 0) is 45.3 Å². The number of nitrogens with zero attached hydrogens (tertiary/aromatic N) is 1. The van der Waals surface area contributed by atoms with Gasteiger partial charge in [0.15, 0.2) is 0 Å². The van der Waals surface area contributed by atoms with Crippen molar-refractivity contribution in [2.45, 2.75) is 46.6 Å². The third-order valence-electron chi connectivity index (χ3n) is 3.41. The molecule has 0 atom stereocenters. The predicted octanol–water partition coefficient (Wildman–Crippen LogP) is 5.11. The Bertz CT molecular complexity index is 435. The first-order valence-corrected chi connectivity index (χ1v) is 7.04. The van der Waals surface area contributed by atoms with E-state index in [-0.39, 0.29) is 5.54 Å². The first-order valence-electron chi connectivity index (χ1n) is 7.04. The van der Waals surface area contributed by atoms with Gasteiger partial charge in [-0.25, -0.2) is 0 Å². The molecule has 0 spiro atoms. The van der Waals surface area contributed by atoms with Gasteiger partial charge in [0.05, 0.1) is 0 Å². The van der Waals surface area contributed by atoms with E-state index in [9.17, 15) is 0 Å². The van der Waals surface area contributed by atoms with Crippen molar-refractivity contribution in [2.24, 2.45) is 0 Å². The zero-order valence-electron chi connectivity index (χ0n) is 13.0. The molecule has 1 aromatic rings. The van der Waals surface area contributed by atoms with Gasteiger partial charge in [-0.1, -0.05) is 49.9 Å². The minimum absolute atomic E-state index is 0.112. The Morgan fingerprint density at radius 2 is 1.79 bits per heavy atom. The highest BCUT2D eigenvalue weighted by molar-refractivity contribution is 5.63. The molecule has 0 fully saturated rings. The number of hydrogen-bond donors (Lipinski definition) is 0. The molecule has 0 N–H and O–H groups in total. The maximum absolute atomic E-state index is 4.19. The molecular formula is C18H27N. The third kappa shape index (κ3) is 4.59. The van der Waals surface area contributed by atoms with Crippen molar-refractivity contribution < 1.29 is 0 Å². The summed E-state index contributed by atoms with van der Waals surface area (Å²) in [6.07, 6.45) is 3.29. The molecule has 0 saturated heterocycles. The van der Waals surface area contributed by atoms with Gasteiger partial charge in [-0.15, -0.1) is 0 Å². The molecule has 1 heteroatoms. The lowest BCUT2D eigenvalue weighted by Crippen LogP contribution is -2.40. The third-order valence-corrected chi connectivity index (χ3v) is 3.41. The Hall–Kier alpha value is -1.50. The number of benzene rings is 1. The van der Waals surface area contributed by atoms with Crippen LogP contribution in [-0.4, -0.2) is 17.0 Å². The molecule has 0 aliphatic carbocycles. The standard InChI is InChI=1S/C18H27N/c1-7-16(3)19(18(4,5)6)14-13-15(2)17-11-9-8-10-12-17/h8-13H,3,7,14H2,1-2,4-6H3/b15-13+. The topological polar surface area (TPSA) is 3.24 Å². The lowest BCUT2D eigenvalue weighted by molar-refractivity contribution is 0.200. The molecule has 0 radical (unpaired) electrons. The van der Waals surface area contributed by atoms with E-state index in [1.54, 1.807) is 0 Å².